The van der Waals surface area contributed by atoms with Crippen LogP contribution in [0.4, 0.5) is 0 Å². The minimum absolute atomic E-state index is 0.225. The molecule has 0 aliphatic carbocycles. The van der Waals surface area contributed by atoms with E-state index in [0.29, 0.717) is 24.6 Å². The summed E-state index contributed by atoms with van der Waals surface area (Å²) in [5.74, 6) is 0.0409. The smallest absolute Gasteiger partial charge is 0.269 e. The van der Waals surface area contributed by atoms with Gasteiger partial charge in [-0.25, -0.2) is 0 Å². The highest BCUT2D eigenvalue weighted by atomic mass is 16.2. The Kier molecular flexibility index (Phi) is 6.49. The Labute approximate surface area is 142 Å². The van der Waals surface area contributed by atoms with Crippen molar-refractivity contribution in [3.05, 3.63) is 65.5 Å². The van der Waals surface area contributed by atoms with Crippen molar-refractivity contribution in [2.75, 3.05) is 6.54 Å². The maximum absolute atomic E-state index is 12.2. The van der Waals surface area contributed by atoms with Crippen molar-refractivity contribution in [1.82, 2.24) is 15.6 Å². The van der Waals surface area contributed by atoms with E-state index in [2.05, 4.69) is 29.5 Å². The summed E-state index contributed by atoms with van der Waals surface area (Å²) in [6, 6.07) is 12.8. The maximum atomic E-state index is 12.2. The summed E-state index contributed by atoms with van der Waals surface area (Å²) in [4.78, 5) is 28.3. The fraction of sp³-hybridized carbons (Fsp3) is 0.316. The largest absolute Gasteiger partial charge is 0.351 e. The second kappa shape index (κ2) is 8.82. The van der Waals surface area contributed by atoms with Gasteiger partial charge in [-0.3, -0.25) is 14.6 Å². The van der Waals surface area contributed by atoms with Gasteiger partial charge in [0.1, 0.15) is 5.69 Å². The lowest BCUT2D eigenvalue weighted by Crippen LogP contribution is -2.27. The molecule has 5 heteroatoms. The standard InChI is InChI=1S/C19H23N3O2/c1-14(2)8-10-21-19(24)17-12-16(9-11-20-17)18(23)22-13-15-6-4-3-5-7-15/h3-7,9,11-12,14H,8,10,13H2,1-2H3,(H,21,24)(H,22,23). The molecule has 2 N–H and O–H groups in total. The number of aromatic nitrogens is 1. The monoisotopic (exact) mass is 325 g/mol. The van der Waals surface area contributed by atoms with Gasteiger partial charge in [0.05, 0.1) is 0 Å². The molecule has 0 unspecified atom stereocenters. The van der Waals surface area contributed by atoms with Crippen LogP contribution in [0.25, 0.3) is 0 Å². The van der Waals surface area contributed by atoms with E-state index in [4.69, 9.17) is 0 Å². The minimum atomic E-state index is -0.256. The lowest BCUT2D eigenvalue weighted by atomic mass is 10.1. The predicted molar refractivity (Wildman–Crippen MR) is 93.6 cm³/mol. The predicted octanol–water partition coefficient (Wildman–Crippen LogP) is 2.79. The van der Waals surface area contributed by atoms with Crippen LogP contribution in [-0.2, 0) is 6.54 Å². The van der Waals surface area contributed by atoms with Gasteiger partial charge in [0, 0.05) is 24.8 Å². The van der Waals surface area contributed by atoms with Gasteiger partial charge in [-0.05, 0) is 30.0 Å². The summed E-state index contributed by atoms with van der Waals surface area (Å²) < 4.78 is 0. The molecule has 126 valence electrons. The number of benzene rings is 1. The molecule has 0 aliphatic rings. The lowest BCUT2D eigenvalue weighted by molar-refractivity contribution is 0.0947. The van der Waals surface area contributed by atoms with E-state index in [-0.39, 0.29) is 17.5 Å². The number of amides is 2. The number of rotatable bonds is 7. The van der Waals surface area contributed by atoms with Crippen molar-refractivity contribution in [2.24, 2.45) is 5.92 Å². The molecule has 0 saturated heterocycles. The van der Waals surface area contributed by atoms with E-state index in [1.54, 1.807) is 6.07 Å². The summed E-state index contributed by atoms with van der Waals surface area (Å²) >= 11 is 0. The fourth-order valence-corrected chi connectivity index (χ4v) is 2.14. The fourth-order valence-electron chi connectivity index (χ4n) is 2.14. The minimum Gasteiger partial charge on any atom is -0.351 e. The highest BCUT2D eigenvalue weighted by Crippen LogP contribution is 2.04. The van der Waals surface area contributed by atoms with Crippen molar-refractivity contribution >= 4 is 11.8 Å². The Hall–Kier alpha value is -2.69. The number of nitrogens with one attached hydrogen (secondary N) is 2. The Morgan fingerprint density at radius 1 is 1.04 bits per heavy atom. The van der Waals surface area contributed by atoms with Crippen LogP contribution in [0.1, 0.15) is 46.7 Å². The topological polar surface area (TPSA) is 71.1 Å². The average molecular weight is 325 g/mol. The Balaban J connectivity index is 1.93. The molecule has 1 aromatic carbocycles. The van der Waals surface area contributed by atoms with Crippen LogP contribution >= 0.6 is 0 Å². The molecular formula is C19H23N3O2. The second-order valence-corrected chi connectivity index (χ2v) is 6.04. The summed E-state index contributed by atoms with van der Waals surface area (Å²) in [5, 5.41) is 5.66. The molecule has 2 aromatic rings. The lowest BCUT2D eigenvalue weighted by Gasteiger charge is -2.08. The van der Waals surface area contributed by atoms with Crippen LogP contribution < -0.4 is 10.6 Å². The molecule has 0 saturated carbocycles. The molecule has 0 aliphatic heterocycles. The third kappa shape index (κ3) is 5.50. The summed E-state index contributed by atoms with van der Waals surface area (Å²) in [6.45, 7) is 5.24. The van der Waals surface area contributed by atoms with Crippen LogP contribution in [0.2, 0.25) is 0 Å². The molecule has 5 nitrogen and oxygen atoms in total. The van der Waals surface area contributed by atoms with Gasteiger partial charge >= 0.3 is 0 Å². The van der Waals surface area contributed by atoms with Crippen molar-refractivity contribution in [3.8, 4) is 0 Å². The molecule has 2 amide bonds. The van der Waals surface area contributed by atoms with Gasteiger partial charge in [0.25, 0.3) is 11.8 Å². The molecule has 1 heterocycles. The molecule has 0 bridgehead atoms. The number of pyridine rings is 1. The molecule has 24 heavy (non-hydrogen) atoms. The van der Waals surface area contributed by atoms with Crippen molar-refractivity contribution < 1.29 is 9.59 Å². The number of nitrogens with zero attached hydrogens (tertiary/aromatic N) is 1. The Morgan fingerprint density at radius 2 is 1.79 bits per heavy atom. The van der Waals surface area contributed by atoms with Crippen molar-refractivity contribution in [2.45, 2.75) is 26.8 Å². The van der Waals surface area contributed by atoms with Gasteiger partial charge < -0.3 is 10.6 Å². The van der Waals surface area contributed by atoms with Crippen molar-refractivity contribution in [3.63, 3.8) is 0 Å². The van der Waals surface area contributed by atoms with E-state index >= 15 is 0 Å². The first kappa shape index (κ1) is 17.7. The zero-order valence-corrected chi connectivity index (χ0v) is 14.1. The van der Waals surface area contributed by atoms with Crippen LogP contribution in [0.5, 0.6) is 0 Å². The van der Waals surface area contributed by atoms with Gasteiger partial charge in [-0.15, -0.1) is 0 Å². The summed E-state index contributed by atoms with van der Waals surface area (Å²) in [7, 11) is 0. The molecule has 2 rings (SSSR count). The highest BCUT2D eigenvalue weighted by molar-refractivity contribution is 5.98. The number of hydrogen-bond acceptors (Lipinski definition) is 3. The first-order valence-corrected chi connectivity index (χ1v) is 8.12. The first-order valence-electron chi connectivity index (χ1n) is 8.12. The normalized spacial score (nSPS) is 10.5. The van der Waals surface area contributed by atoms with Crippen LogP contribution in [0.3, 0.4) is 0 Å². The van der Waals surface area contributed by atoms with Gasteiger partial charge in [-0.2, -0.15) is 0 Å². The van der Waals surface area contributed by atoms with Gasteiger partial charge in [-0.1, -0.05) is 44.2 Å². The van der Waals surface area contributed by atoms with Crippen LogP contribution in [0, 0.1) is 5.92 Å². The van der Waals surface area contributed by atoms with E-state index in [1.807, 2.05) is 30.3 Å². The maximum Gasteiger partial charge on any atom is 0.269 e. The Bertz CT molecular complexity index is 684. The van der Waals surface area contributed by atoms with E-state index in [9.17, 15) is 9.59 Å². The Morgan fingerprint density at radius 3 is 2.50 bits per heavy atom. The highest BCUT2D eigenvalue weighted by Gasteiger charge is 2.11. The molecule has 0 radical (unpaired) electrons. The van der Waals surface area contributed by atoms with E-state index in [1.165, 1.54) is 12.3 Å². The summed E-state index contributed by atoms with van der Waals surface area (Å²) in [6.07, 6.45) is 2.39. The summed E-state index contributed by atoms with van der Waals surface area (Å²) in [5.41, 5.74) is 1.70. The molecule has 0 spiro atoms. The van der Waals surface area contributed by atoms with Crippen LogP contribution in [-0.4, -0.2) is 23.3 Å². The van der Waals surface area contributed by atoms with Gasteiger partial charge in [0.15, 0.2) is 0 Å². The third-order valence-corrected chi connectivity index (χ3v) is 3.56. The quantitative estimate of drug-likeness (QED) is 0.822. The third-order valence-electron chi connectivity index (χ3n) is 3.56. The zero-order valence-electron chi connectivity index (χ0n) is 14.1. The van der Waals surface area contributed by atoms with Gasteiger partial charge in [0.2, 0.25) is 0 Å². The van der Waals surface area contributed by atoms with Crippen LogP contribution in [0.15, 0.2) is 48.7 Å². The SMILES string of the molecule is CC(C)CCNC(=O)c1cc(C(=O)NCc2ccccc2)ccn1. The second-order valence-electron chi connectivity index (χ2n) is 6.04. The van der Waals surface area contributed by atoms with Crippen molar-refractivity contribution in [1.29, 1.82) is 0 Å². The molecule has 0 atom stereocenters. The number of carbonyl (C=O) groups excluding carboxylic acids is 2. The van der Waals surface area contributed by atoms with E-state index in [0.717, 1.165) is 12.0 Å². The zero-order chi connectivity index (χ0) is 17.4. The van der Waals surface area contributed by atoms with E-state index < -0.39 is 0 Å². The molecule has 1 aromatic heterocycles. The number of hydrogen-bond donors (Lipinski definition) is 2. The molecular weight excluding hydrogens is 302 g/mol. The average Bonchev–Trinajstić information content (AvgIpc) is 2.60. The molecule has 0 fully saturated rings. The number of carbonyl (C=O) groups is 2. The first-order chi connectivity index (χ1) is 11.6.